The van der Waals surface area contributed by atoms with Crippen LogP contribution in [0.15, 0.2) is 35.9 Å². The van der Waals surface area contributed by atoms with Crippen LogP contribution in [-0.4, -0.2) is 44.1 Å². The van der Waals surface area contributed by atoms with Gasteiger partial charge in [0, 0.05) is 29.4 Å². The zero-order valence-corrected chi connectivity index (χ0v) is 21.3. The summed E-state index contributed by atoms with van der Waals surface area (Å²) in [6, 6.07) is 6.78. The molecule has 36 heavy (non-hydrogen) atoms. The Bertz CT molecular complexity index is 1290. The lowest BCUT2D eigenvalue weighted by atomic mass is 9.79. The first-order valence-electron chi connectivity index (χ1n) is 11.8. The van der Waals surface area contributed by atoms with Crippen molar-refractivity contribution in [3.05, 3.63) is 52.8 Å². The van der Waals surface area contributed by atoms with Crippen molar-refractivity contribution >= 4 is 35.3 Å². The van der Waals surface area contributed by atoms with E-state index in [1.807, 2.05) is 6.92 Å². The molecule has 9 heteroatoms. The van der Waals surface area contributed by atoms with E-state index >= 15 is 4.39 Å². The number of fused-ring (bicyclic) bond motifs is 1. The van der Waals surface area contributed by atoms with Gasteiger partial charge in [-0.2, -0.15) is 0 Å². The van der Waals surface area contributed by atoms with E-state index in [9.17, 15) is 14.4 Å². The van der Waals surface area contributed by atoms with Crippen molar-refractivity contribution in [2.45, 2.75) is 45.6 Å². The van der Waals surface area contributed by atoms with E-state index < -0.39 is 23.7 Å². The number of hydrogen-bond donors (Lipinski definition) is 1. The molecule has 0 aliphatic carbocycles. The summed E-state index contributed by atoms with van der Waals surface area (Å²) in [7, 11) is 2.86. The summed E-state index contributed by atoms with van der Waals surface area (Å²) in [5.41, 5.74) is 1.48. The lowest BCUT2D eigenvalue weighted by Gasteiger charge is -2.47. The van der Waals surface area contributed by atoms with Crippen LogP contribution in [0.2, 0.25) is 0 Å². The molecule has 1 fully saturated rings. The van der Waals surface area contributed by atoms with Crippen LogP contribution in [0.25, 0.3) is 6.08 Å². The van der Waals surface area contributed by atoms with E-state index in [0.29, 0.717) is 12.3 Å². The summed E-state index contributed by atoms with van der Waals surface area (Å²) in [5.74, 6) is -1.53. The van der Waals surface area contributed by atoms with Crippen molar-refractivity contribution in [3.8, 4) is 11.5 Å². The van der Waals surface area contributed by atoms with Crippen LogP contribution in [0.5, 0.6) is 11.5 Å². The Labute approximate surface area is 209 Å². The van der Waals surface area contributed by atoms with E-state index in [2.05, 4.69) is 31.0 Å². The molecule has 0 spiro atoms. The second kappa shape index (κ2) is 9.29. The van der Waals surface area contributed by atoms with Gasteiger partial charge in [0.1, 0.15) is 22.9 Å². The van der Waals surface area contributed by atoms with Gasteiger partial charge in [0.2, 0.25) is 0 Å². The number of methoxy groups -OCH3 is 2. The molecular formula is C27H30FN3O5. The lowest BCUT2D eigenvalue weighted by Crippen LogP contribution is -2.54. The Morgan fingerprint density at radius 3 is 2.47 bits per heavy atom. The molecule has 2 aromatic carbocycles. The number of imide groups is 2. The van der Waals surface area contributed by atoms with Crippen molar-refractivity contribution in [2.24, 2.45) is 0 Å². The number of barbiturate groups is 1. The average molecular weight is 496 g/mol. The van der Waals surface area contributed by atoms with Crippen LogP contribution in [0, 0.1) is 5.82 Å². The van der Waals surface area contributed by atoms with Gasteiger partial charge in [-0.05, 0) is 69.0 Å². The van der Waals surface area contributed by atoms with Crippen LogP contribution < -0.4 is 24.6 Å². The smallest absolute Gasteiger partial charge is 0.336 e. The maximum absolute atomic E-state index is 15.3. The van der Waals surface area contributed by atoms with Crippen molar-refractivity contribution in [3.63, 3.8) is 0 Å². The van der Waals surface area contributed by atoms with Gasteiger partial charge >= 0.3 is 6.03 Å². The number of urea groups is 1. The fraction of sp³-hybridized carbons (Fsp3) is 0.370. The van der Waals surface area contributed by atoms with Gasteiger partial charge in [-0.15, -0.1) is 0 Å². The molecule has 1 N–H and O–H groups in total. The minimum Gasteiger partial charge on any atom is -0.497 e. The number of carbonyl (C=O) groups excluding carboxylic acids is 3. The molecule has 0 bridgehead atoms. The van der Waals surface area contributed by atoms with Crippen LogP contribution >= 0.6 is 0 Å². The number of anilines is 2. The maximum Gasteiger partial charge on any atom is 0.336 e. The summed E-state index contributed by atoms with van der Waals surface area (Å²) in [4.78, 5) is 41.7. The van der Waals surface area contributed by atoms with E-state index in [1.165, 1.54) is 38.5 Å². The first-order chi connectivity index (χ1) is 17.0. The molecule has 1 saturated heterocycles. The van der Waals surface area contributed by atoms with Gasteiger partial charge in [-0.1, -0.05) is 6.92 Å². The first-order valence-corrected chi connectivity index (χ1v) is 11.8. The SMILES string of the molecule is CCN1c2cc(F)c(/C=C3/C(=O)NC(=O)N(c4ccc(OC)cc4OC)C3=O)cc2C(C)CC1(C)C. The number of nitrogens with one attached hydrogen (secondary N) is 1. The standard InChI is InChI=1S/C27H30FN3O5/c1-7-30-22-13-20(28)16(10-18(22)15(2)14-27(30,3)4)11-19-24(32)29-26(34)31(25(19)33)21-9-8-17(35-5)12-23(21)36-6/h8-13,15H,7,14H2,1-6H3,(H,29,32,34)/b19-11-. The van der Waals surface area contributed by atoms with Crippen LogP contribution in [-0.2, 0) is 9.59 Å². The number of hydrogen-bond acceptors (Lipinski definition) is 6. The fourth-order valence-corrected chi connectivity index (χ4v) is 5.23. The van der Waals surface area contributed by atoms with Crippen molar-refractivity contribution in [1.82, 2.24) is 5.32 Å². The molecular weight excluding hydrogens is 465 g/mol. The zero-order valence-electron chi connectivity index (χ0n) is 21.3. The number of ether oxygens (including phenoxy) is 2. The Morgan fingerprint density at radius 2 is 1.83 bits per heavy atom. The molecule has 0 radical (unpaired) electrons. The molecule has 0 saturated carbocycles. The topological polar surface area (TPSA) is 88.2 Å². The highest BCUT2D eigenvalue weighted by atomic mass is 19.1. The van der Waals surface area contributed by atoms with Gasteiger partial charge in [0.25, 0.3) is 11.8 Å². The van der Waals surface area contributed by atoms with Crippen LogP contribution in [0.1, 0.15) is 51.2 Å². The van der Waals surface area contributed by atoms with Crippen LogP contribution in [0.3, 0.4) is 0 Å². The van der Waals surface area contributed by atoms with Crippen molar-refractivity contribution in [2.75, 3.05) is 30.6 Å². The van der Waals surface area contributed by atoms with Gasteiger partial charge < -0.3 is 14.4 Å². The van der Waals surface area contributed by atoms with E-state index in [0.717, 1.165) is 22.6 Å². The normalized spacial score (nSPS) is 20.4. The van der Waals surface area contributed by atoms with Crippen LogP contribution in [0.4, 0.5) is 20.6 Å². The Kier molecular flexibility index (Phi) is 6.51. The van der Waals surface area contributed by atoms with Crippen molar-refractivity contribution in [1.29, 1.82) is 0 Å². The molecule has 4 amide bonds. The minimum atomic E-state index is -0.925. The van der Waals surface area contributed by atoms with Gasteiger partial charge in [-0.3, -0.25) is 14.9 Å². The van der Waals surface area contributed by atoms with Gasteiger partial charge in [0.05, 0.1) is 19.9 Å². The third-order valence-corrected chi connectivity index (χ3v) is 6.85. The summed E-state index contributed by atoms with van der Waals surface area (Å²) in [5, 5.41) is 2.17. The van der Waals surface area contributed by atoms with Crippen molar-refractivity contribution < 1.29 is 28.2 Å². The van der Waals surface area contributed by atoms with E-state index in [-0.39, 0.29) is 34.0 Å². The number of rotatable bonds is 5. The molecule has 1 unspecified atom stereocenters. The number of halogens is 1. The molecule has 2 aromatic rings. The summed E-state index contributed by atoms with van der Waals surface area (Å²) >= 11 is 0. The molecule has 1 atom stereocenters. The average Bonchev–Trinajstić information content (AvgIpc) is 2.82. The fourth-order valence-electron chi connectivity index (χ4n) is 5.23. The Morgan fingerprint density at radius 1 is 1.11 bits per heavy atom. The third kappa shape index (κ3) is 4.19. The predicted molar refractivity (Wildman–Crippen MR) is 135 cm³/mol. The molecule has 190 valence electrons. The number of amides is 4. The quantitative estimate of drug-likeness (QED) is 0.481. The summed E-state index contributed by atoms with van der Waals surface area (Å²) in [6.07, 6.45) is 2.07. The molecule has 0 aromatic heterocycles. The molecule has 2 aliphatic rings. The largest absolute Gasteiger partial charge is 0.497 e. The molecule has 2 heterocycles. The van der Waals surface area contributed by atoms with E-state index in [1.54, 1.807) is 12.1 Å². The second-order valence-electron chi connectivity index (χ2n) is 9.59. The highest BCUT2D eigenvalue weighted by molar-refractivity contribution is 6.39. The minimum absolute atomic E-state index is 0.103. The third-order valence-electron chi connectivity index (χ3n) is 6.85. The first kappa shape index (κ1) is 25.2. The zero-order chi connectivity index (χ0) is 26.4. The van der Waals surface area contributed by atoms with E-state index in [4.69, 9.17) is 9.47 Å². The monoisotopic (exact) mass is 495 g/mol. The predicted octanol–water partition coefficient (Wildman–Crippen LogP) is 4.62. The van der Waals surface area contributed by atoms with Gasteiger partial charge in [0.15, 0.2) is 0 Å². The number of benzene rings is 2. The lowest BCUT2D eigenvalue weighted by molar-refractivity contribution is -0.122. The summed E-state index contributed by atoms with van der Waals surface area (Å²) in [6.45, 7) is 9.09. The molecule has 4 rings (SSSR count). The second-order valence-corrected chi connectivity index (χ2v) is 9.59. The Balaban J connectivity index is 1.79. The molecule has 8 nitrogen and oxygen atoms in total. The number of carbonyl (C=O) groups is 3. The Hall–Kier alpha value is -3.88. The maximum atomic E-state index is 15.3. The molecule has 2 aliphatic heterocycles. The highest BCUT2D eigenvalue weighted by Crippen LogP contribution is 2.44. The summed E-state index contributed by atoms with van der Waals surface area (Å²) < 4.78 is 25.8. The van der Waals surface area contributed by atoms with Gasteiger partial charge in [-0.25, -0.2) is 14.1 Å². The highest BCUT2D eigenvalue weighted by Gasteiger charge is 2.39. The number of nitrogens with zero attached hydrogens (tertiary/aromatic N) is 2.